The molecule has 0 radical (unpaired) electrons. The lowest BCUT2D eigenvalue weighted by Gasteiger charge is -2.50. The maximum atomic E-state index is 13.2. The van der Waals surface area contributed by atoms with E-state index < -0.39 is 165 Å². The predicted molar refractivity (Wildman–Crippen MR) is 239 cm³/mol. The smallest absolute Gasteiger partial charge is 0.364 e. The van der Waals surface area contributed by atoms with Crippen molar-refractivity contribution in [1.82, 2.24) is 16.0 Å². The van der Waals surface area contributed by atoms with Crippen molar-refractivity contribution in [2.45, 2.75) is 220 Å². The summed E-state index contributed by atoms with van der Waals surface area (Å²) in [6.45, 7) is 2.58. The van der Waals surface area contributed by atoms with E-state index in [2.05, 4.69) is 22.9 Å². The van der Waals surface area contributed by atoms with Crippen LogP contribution in [0.1, 0.15) is 117 Å². The average molecular weight is 1020 g/mol. The number of unbranched alkanes of at least 4 members (excludes halogenated alkanes) is 9. The quantitative estimate of drug-likeness (QED) is 0.0297. The number of hydrogen-bond acceptors (Lipinski definition) is 21. The van der Waals surface area contributed by atoms with Gasteiger partial charge in [0.1, 0.15) is 42.7 Å². The van der Waals surface area contributed by atoms with Gasteiger partial charge in [-0.25, -0.2) is 14.4 Å². The van der Waals surface area contributed by atoms with Crippen molar-refractivity contribution in [3.63, 3.8) is 0 Å². The molecule has 0 saturated carbocycles. The second-order valence-corrected chi connectivity index (χ2v) is 18.4. The summed E-state index contributed by atoms with van der Waals surface area (Å²) in [4.78, 5) is 63.4. The molecule has 17 unspecified atom stereocenters. The number of nitrogens with two attached hydrogens (primary N) is 1. The summed E-state index contributed by atoms with van der Waals surface area (Å²) in [7, 11) is 0. The number of ether oxygens (including phenoxy) is 5. The molecule has 0 aromatic carbocycles. The van der Waals surface area contributed by atoms with E-state index in [4.69, 9.17) is 29.4 Å². The Morgan fingerprint density at radius 3 is 1.46 bits per heavy atom. The number of hydrogen-bond donors (Lipinski definition) is 16. The number of carbonyl (C=O) groups is 5. The molecule has 3 saturated heterocycles. The summed E-state index contributed by atoms with van der Waals surface area (Å²) in [6.07, 6.45) is -15.4. The molecule has 3 aliphatic rings. The first-order valence-electron chi connectivity index (χ1n) is 24.2. The Balaban J connectivity index is 1.90. The third kappa shape index (κ3) is 15.9. The first-order chi connectivity index (χ1) is 33.0. The normalized spacial score (nSPS) is 33.6. The Bertz CT molecular complexity index is 1670. The zero-order valence-electron chi connectivity index (χ0n) is 40.0. The fraction of sp³-hybridized carbons (Fsp3) is 0.886. The molecule has 3 rings (SSSR count). The summed E-state index contributed by atoms with van der Waals surface area (Å²) in [5, 5.41) is 138. The number of carbonyl (C=O) groups excluding carboxylic acids is 2. The lowest BCUT2D eigenvalue weighted by Crippen LogP contribution is -2.71. The summed E-state index contributed by atoms with van der Waals surface area (Å²) >= 11 is 0. The Hall–Kier alpha value is -3.29. The third-order valence-electron chi connectivity index (χ3n) is 13.0. The second-order valence-electron chi connectivity index (χ2n) is 18.4. The van der Waals surface area contributed by atoms with Crippen LogP contribution in [-0.2, 0) is 47.7 Å². The molecule has 3 fully saturated rings. The highest BCUT2D eigenvalue weighted by Gasteiger charge is 2.61. The lowest BCUT2D eigenvalue weighted by atomic mass is 9.87. The van der Waals surface area contributed by atoms with Crippen LogP contribution in [0.3, 0.4) is 0 Å². The zero-order chi connectivity index (χ0) is 52.6. The number of carboxylic acids is 3. The molecule has 406 valence electrons. The summed E-state index contributed by atoms with van der Waals surface area (Å²) in [5.41, 5.74) is 6.18. The summed E-state index contributed by atoms with van der Waals surface area (Å²) in [6, 6.07) is -4.91. The second kappa shape index (κ2) is 28.2. The summed E-state index contributed by atoms with van der Waals surface area (Å²) in [5.74, 6) is -17.1. The standard InChI is InChI=1S/C44H78N4O22/c1-4-7-8-9-10-11-12-13-14-15-16-46-20-26(54)36-31(45)23(51)18-43(69-36,40(61)62)66-28(22-50)35(58)38-33(48-30(56)6-3)25(53)19-44(70-38,41(63)64)67-27(21-49)34(57)37-32(47-29(55)5-2)24(52)17-42(65,68-37)39(59)60/h23-28,31-38,46,49-54,57-58,65H,4-22,45H2,1-3H3,(H,47,55)(H,48,56)(H,59,60)(H,61,62)(H,63,64). The topological polar surface area (TPSA) is 436 Å². The number of aliphatic hydroxyl groups is 9. The van der Waals surface area contributed by atoms with Gasteiger partial charge in [0.25, 0.3) is 17.4 Å². The van der Waals surface area contributed by atoms with Gasteiger partial charge in [0.05, 0.1) is 55.8 Å². The van der Waals surface area contributed by atoms with Gasteiger partial charge < -0.3 is 107 Å². The Morgan fingerprint density at radius 1 is 0.614 bits per heavy atom. The Kier molecular flexibility index (Phi) is 24.6. The molecule has 70 heavy (non-hydrogen) atoms. The molecule has 26 nitrogen and oxygen atoms in total. The van der Waals surface area contributed by atoms with Gasteiger partial charge in [0, 0.05) is 38.6 Å². The molecule has 0 spiro atoms. The van der Waals surface area contributed by atoms with Crippen LogP contribution in [0.4, 0.5) is 0 Å². The Morgan fingerprint density at radius 2 is 1.03 bits per heavy atom. The average Bonchev–Trinajstić information content (AvgIpc) is 3.31. The predicted octanol–water partition coefficient (Wildman–Crippen LogP) is -3.76. The molecule has 17 N–H and O–H groups in total. The van der Waals surface area contributed by atoms with Gasteiger partial charge in [-0.2, -0.15) is 0 Å². The van der Waals surface area contributed by atoms with Crippen LogP contribution < -0.4 is 21.7 Å². The highest BCUT2D eigenvalue weighted by molar-refractivity contribution is 5.78. The fourth-order valence-corrected chi connectivity index (χ4v) is 8.86. The van der Waals surface area contributed by atoms with Crippen LogP contribution in [0.2, 0.25) is 0 Å². The van der Waals surface area contributed by atoms with E-state index >= 15 is 0 Å². The first-order valence-corrected chi connectivity index (χ1v) is 24.2. The van der Waals surface area contributed by atoms with E-state index in [9.17, 15) is 85.3 Å². The van der Waals surface area contributed by atoms with Crippen molar-refractivity contribution >= 4 is 29.7 Å². The van der Waals surface area contributed by atoms with Crippen LogP contribution in [0.5, 0.6) is 0 Å². The molecule has 0 bridgehead atoms. The summed E-state index contributed by atoms with van der Waals surface area (Å²) < 4.78 is 28.2. The molecule has 26 heteroatoms. The van der Waals surface area contributed by atoms with Gasteiger partial charge in [0.2, 0.25) is 11.8 Å². The van der Waals surface area contributed by atoms with Gasteiger partial charge in [-0.05, 0) is 13.0 Å². The minimum Gasteiger partial charge on any atom is -0.477 e. The van der Waals surface area contributed by atoms with Crippen molar-refractivity contribution in [3.05, 3.63) is 0 Å². The fourth-order valence-electron chi connectivity index (χ4n) is 8.86. The van der Waals surface area contributed by atoms with E-state index in [0.717, 1.165) is 32.1 Å². The van der Waals surface area contributed by atoms with Crippen LogP contribution in [0.25, 0.3) is 0 Å². The number of nitrogens with one attached hydrogen (secondary N) is 3. The molecule has 0 aromatic rings. The third-order valence-corrected chi connectivity index (χ3v) is 13.0. The van der Waals surface area contributed by atoms with E-state index in [-0.39, 0.29) is 19.4 Å². The molecule has 2 amide bonds. The molecule has 0 aromatic heterocycles. The van der Waals surface area contributed by atoms with Crippen molar-refractivity contribution in [2.75, 3.05) is 26.3 Å². The number of amides is 2. The molecule has 3 aliphatic heterocycles. The van der Waals surface area contributed by atoms with Crippen molar-refractivity contribution < 1.29 is 109 Å². The minimum atomic E-state index is -3.28. The maximum absolute atomic E-state index is 13.2. The number of aliphatic carboxylic acids is 3. The van der Waals surface area contributed by atoms with Crippen LogP contribution >= 0.6 is 0 Å². The van der Waals surface area contributed by atoms with Crippen molar-refractivity contribution in [3.8, 4) is 0 Å². The highest BCUT2D eigenvalue weighted by Crippen LogP contribution is 2.39. The van der Waals surface area contributed by atoms with E-state index in [1.165, 1.54) is 46.0 Å². The van der Waals surface area contributed by atoms with Crippen LogP contribution in [0.15, 0.2) is 0 Å². The van der Waals surface area contributed by atoms with Crippen molar-refractivity contribution in [2.24, 2.45) is 5.73 Å². The number of rotatable bonds is 31. The van der Waals surface area contributed by atoms with E-state index in [0.29, 0.717) is 6.54 Å². The first kappa shape index (κ1) is 61.0. The lowest BCUT2D eigenvalue weighted by molar-refractivity contribution is -0.354. The molecular weight excluding hydrogens is 936 g/mol. The minimum absolute atomic E-state index is 0.167. The molecular formula is C44H78N4O22. The van der Waals surface area contributed by atoms with Gasteiger partial charge in [-0.3, -0.25) is 9.59 Å². The zero-order valence-corrected chi connectivity index (χ0v) is 40.0. The van der Waals surface area contributed by atoms with Crippen LogP contribution in [0, 0.1) is 0 Å². The van der Waals surface area contributed by atoms with Crippen molar-refractivity contribution in [1.29, 1.82) is 0 Å². The van der Waals surface area contributed by atoms with Gasteiger partial charge in [0.15, 0.2) is 0 Å². The van der Waals surface area contributed by atoms with Gasteiger partial charge >= 0.3 is 17.9 Å². The molecule has 0 aliphatic carbocycles. The number of aliphatic hydroxyl groups excluding tert-OH is 8. The van der Waals surface area contributed by atoms with Gasteiger partial charge in [-0.1, -0.05) is 78.6 Å². The monoisotopic (exact) mass is 1010 g/mol. The molecule has 3 heterocycles. The van der Waals surface area contributed by atoms with Crippen LogP contribution in [-0.4, -0.2) is 220 Å². The largest absolute Gasteiger partial charge is 0.477 e. The highest BCUT2D eigenvalue weighted by atomic mass is 16.8. The Labute approximate surface area is 405 Å². The van der Waals surface area contributed by atoms with Gasteiger partial charge in [-0.15, -0.1) is 0 Å². The SMILES string of the molecule is CCCCCCCCCCCCNCC(O)C1OC(OC(CO)C(O)C2OC(OC(CO)C(O)C3OC(O)(C(=O)O)CC(O)C3NC(=O)CC)(C(=O)O)CC(O)C2NC(=O)CC)(C(=O)O)CC(O)C1N. The molecule has 17 atom stereocenters. The number of carboxylic acid groups (broad SMARTS) is 3. The van der Waals surface area contributed by atoms with E-state index in [1.807, 2.05) is 0 Å². The maximum Gasteiger partial charge on any atom is 0.364 e. The van der Waals surface area contributed by atoms with E-state index in [1.54, 1.807) is 0 Å².